The highest BCUT2D eigenvalue weighted by Crippen LogP contribution is 2.48. The summed E-state index contributed by atoms with van der Waals surface area (Å²) < 4.78 is 13.0. The molecule has 0 radical (unpaired) electrons. The van der Waals surface area contributed by atoms with Gasteiger partial charge in [0.2, 0.25) is 5.91 Å². The fourth-order valence-electron chi connectivity index (χ4n) is 3.72. The molecule has 3 atom stereocenters. The fourth-order valence-corrected chi connectivity index (χ4v) is 3.72. The minimum atomic E-state index is -0.211. The fraction of sp³-hybridized carbons (Fsp3) is 0.562. The number of hydrogen-bond donors (Lipinski definition) is 1. The molecule has 0 saturated heterocycles. The molecular weight excluding hydrogens is 241 g/mol. The van der Waals surface area contributed by atoms with Crippen molar-refractivity contribution < 1.29 is 9.18 Å². The van der Waals surface area contributed by atoms with Gasteiger partial charge in [0, 0.05) is 12.5 Å². The van der Waals surface area contributed by atoms with Crippen molar-refractivity contribution in [2.75, 3.05) is 6.54 Å². The highest BCUT2D eigenvalue weighted by atomic mass is 19.1. The number of benzene rings is 1. The smallest absolute Gasteiger partial charge is 0.223 e. The van der Waals surface area contributed by atoms with Crippen LogP contribution in [0, 0.1) is 23.6 Å². The second-order valence-electron chi connectivity index (χ2n) is 5.95. The van der Waals surface area contributed by atoms with E-state index in [2.05, 4.69) is 5.32 Å². The first-order chi connectivity index (χ1) is 9.22. The maximum Gasteiger partial charge on any atom is 0.223 e. The molecule has 2 aliphatic carbocycles. The van der Waals surface area contributed by atoms with E-state index in [1.54, 1.807) is 6.07 Å². The highest BCUT2D eigenvalue weighted by molar-refractivity contribution is 5.79. The SMILES string of the molecule is O=C(NCCc1cccc(F)c1)C1CC2CCC1C2. The van der Waals surface area contributed by atoms with Crippen molar-refractivity contribution >= 4 is 5.91 Å². The van der Waals surface area contributed by atoms with Gasteiger partial charge in [-0.3, -0.25) is 4.79 Å². The van der Waals surface area contributed by atoms with Gasteiger partial charge in [0.15, 0.2) is 0 Å². The van der Waals surface area contributed by atoms with Crippen molar-refractivity contribution in [3.05, 3.63) is 35.6 Å². The van der Waals surface area contributed by atoms with E-state index in [4.69, 9.17) is 0 Å². The van der Waals surface area contributed by atoms with Crippen LogP contribution in [0.4, 0.5) is 4.39 Å². The Hall–Kier alpha value is -1.38. The predicted octanol–water partition coefficient (Wildman–Crippen LogP) is 2.92. The number of fused-ring (bicyclic) bond motifs is 2. The number of amides is 1. The summed E-state index contributed by atoms with van der Waals surface area (Å²) in [5.41, 5.74) is 0.938. The minimum absolute atomic E-state index is 0.211. The van der Waals surface area contributed by atoms with Gasteiger partial charge in [-0.05, 0) is 55.2 Å². The van der Waals surface area contributed by atoms with Gasteiger partial charge in [0.25, 0.3) is 0 Å². The van der Waals surface area contributed by atoms with Crippen LogP contribution in [0.3, 0.4) is 0 Å². The average Bonchev–Trinajstić information content (AvgIpc) is 3.01. The molecule has 0 spiro atoms. The zero-order valence-electron chi connectivity index (χ0n) is 11.1. The lowest BCUT2D eigenvalue weighted by Gasteiger charge is -2.20. The first-order valence-electron chi connectivity index (χ1n) is 7.24. The zero-order chi connectivity index (χ0) is 13.2. The largest absolute Gasteiger partial charge is 0.356 e. The Bertz CT molecular complexity index is 474. The van der Waals surface area contributed by atoms with Gasteiger partial charge in [-0.1, -0.05) is 18.6 Å². The predicted molar refractivity (Wildman–Crippen MR) is 72.1 cm³/mol. The summed E-state index contributed by atoms with van der Waals surface area (Å²) in [6.45, 7) is 0.607. The molecule has 19 heavy (non-hydrogen) atoms. The Morgan fingerprint density at radius 3 is 2.89 bits per heavy atom. The molecule has 3 unspecified atom stereocenters. The standard InChI is InChI=1S/C16H20FNO/c17-14-3-1-2-11(9-14)6-7-18-16(19)15-10-12-4-5-13(15)8-12/h1-3,9,12-13,15H,4-8,10H2,(H,18,19). The molecule has 0 aliphatic heterocycles. The number of carbonyl (C=O) groups is 1. The Morgan fingerprint density at radius 1 is 1.32 bits per heavy atom. The van der Waals surface area contributed by atoms with Crippen LogP contribution < -0.4 is 5.32 Å². The van der Waals surface area contributed by atoms with Gasteiger partial charge in [-0.2, -0.15) is 0 Å². The van der Waals surface area contributed by atoms with Gasteiger partial charge in [-0.25, -0.2) is 4.39 Å². The minimum Gasteiger partial charge on any atom is -0.356 e. The van der Waals surface area contributed by atoms with E-state index >= 15 is 0 Å². The summed E-state index contributed by atoms with van der Waals surface area (Å²) in [5.74, 6) is 1.66. The summed E-state index contributed by atoms with van der Waals surface area (Å²) in [6, 6.07) is 6.58. The molecule has 2 aliphatic rings. The van der Waals surface area contributed by atoms with Crippen LogP contribution in [-0.2, 0) is 11.2 Å². The van der Waals surface area contributed by atoms with E-state index in [0.29, 0.717) is 18.9 Å². The van der Waals surface area contributed by atoms with Gasteiger partial charge in [0.05, 0.1) is 0 Å². The lowest BCUT2D eigenvalue weighted by atomic mass is 9.88. The number of hydrogen-bond acceptors (Lipinski definition) is 1. The van der Waals surface area contributed by atoms with Crippen LogP contribution in [0.15, 0.2) is 24.3 Å². The molecule has 1 N–H and O–H groups in total. The third-order valence-corrected chi connectivity index (χ3v) is 4.68. The third kappa shape index (κ3) is 2.80. The normalized spacial score (nSPS) is 28.6. The maximum absolute atomic E-state index is 13.0. The van der Waals surface area contributed by atoms with E-state index in [1.807, 2.05) is 6.07 Å². The highest BCUT2D eigenvalue weighted by Gasteiger charge is 2.42. The monoisotopic (exact) mass is 261 g/mol. The molecule has 2 nitrogen and oxygen atoms in total. The summed E-state index contributed by atoms with van der Waals surface area (Å²) >= 11 is 0. The van der Waals surface area contributed by atoms with Crippen LogP contribution in [0.2, 0.25) is 0 Å². The second kappa shape index (κ2) is 5.32. The van der Waals surface area contributed by atoms with Crippen molar-refractivity contribution in [2.45, 2.75) is 32.1 Å². The van der Waals surface area contributed by atoms with Gasteiger partial charge < -0.3 is 5.32 Å². The first kappa shape index (κ1) is 12.6. The van der Waals surface area contributed by atoms with Crippen molar-refractivity contribution in [3.63, 3.8) is 0 Å². The van der Waals surface area contributed by atoms with Crippen LogP contribution in [0.5, 0.6) is 0 Å². The molecule has 2 bridgehead atoms. The molecule has 3 rings (SSSR count). The Balaban J connectivity index is 1.46. The molecule has 0 heterocycles. The molecule has 0 aromatic heterocycles. The third-order valence-electron chi connectivity index (χ3n) is 4.68. The zero-order valence-corrected chi connectivity index (χ0v) is 11.1. The Labute approximate surface area is 113 Å². The van der Waals surface area contributed by atoms with E-state index in [-0.39, 0.29) is 17.6 Å². The van der Waals surface area contributed by atoms with Crippen LogP contribution in [0.1, 0.15) is 31.2 Å². The lowest BCUT2D eigenvalue weighted by molar-refractivity contribution is -0.126. The van der Waals surface area contributed by atoms with Crippen LogP contribution >= 0.6 is 0 Å². The molecule has 1 amide bonds. The van der Waals surface area contributed by atoms with Gasteiger partial charge in [0.1, 0.15) is 5.82 Å². The number of halogens is 1. The Kier molecular flexibility index (Phi) is 3.54. The second-order valence-corrected chi connectivity index (χ2v) is 5.95. The molecular formula is C16H20FNO. The van der Waals surface area contributed by atoms with Crippen LogP contribution in [-0.4, -0.2) is 12.5 Å². The molecule has 1 aromatic rings. The van der Waals surface area contributed by atoms with Crippen molar-refractivity contribution in [1.82, 2.24) is 5.32 Å². The van der Waals surface area contributed by atoms with E-state index in [1.165, 1.54) is 31.4 Å². The summed E-state index contributed by atoms with van der Waals surface area (Å²) in [6.07, 6.45) is 5.58. The maximum atomic E-state index is 13.0. The molecule has 1 aromatic carbocycles. The van der Waals surface area contributed by atoms with Crippen LogP contribution in [0.25, 0.3) is 0 Å². The van der Waals surface area contributed by atoms with E-state index in [9.17, 15) is 9.18 Å². The summed E-state index contributed by atoms with van der Waals surface area (Å²) in [7, 11) is 0. The van der Waals surface area contributed by atoms with Gasteiger partial charge in [-0.15, -0.1) is 0 Å². The molecule has 3 heteroatoms. The average molecular weight is 261 g/mol. The summed E-state index contributed by atoms with van der Waals surface area (Å²) in [4.78, 5) is 12.1. The number of nitrogens with one attached hydrogen (secondary N) is 1. The van der Waals surface area contributed by atoms with E-state index < -0.39 is 0 Å². The molecule has 2 fully saturated rings. The summed E-state index contributed by atoms with van der Waals surface area (Å²) in [5, 5.41) is 3.02. The topological polar surface area (TPSA) is 29.1 Å². The number of carbonyl (C=O) groups excluding carboxylic acids is 1. The van der Waals surface area contributed by atoms with Crippen molar-refractivity contribution in [3.8, 4) is 0 Å². The molecule has 2 saturated carbocycles. The lowest BCUT2D eigenvalue weighted by Crippen LogP contribution is -2.34. The van der Waals surface area contributed by atoms with Crippen molar-refractivity contribution in [2.24, 2.45) is 17.8 Å². The van der Waals surface area contributed by atoms with Crippen molar-refractivity contribution in [1.29, 1.82) is 0 Å². The number of rotatable bonds is 4. The molecule has 102 valence electrons. The Morgan fingerprint density at radius 2 is 2.21 bits per heavy atom. The first-order valence-corrected chi connectivity index (χ1v) is 7.24. The van der Waals surface area contributed by atoms with E-state index in [0.717, 1.165) is 17.9 Å². The quantitative estimate of drug-likeness (QED) is 0.887. The van der Waals surface area contributed by atoms with Gasteiger partial charge >= 0.3 is 0 Å².